The smallest absolute Gasteiger partial charge is 0.319 e. The highest BCUT2D eigenvalue weighted by Gasteiger charge is 2.18. The van der Waals surface area contributed by atoms with E-state index < -0.39 is 9.84 Å². The van der Waals surface area contributed by atoms with Gasteiger partial charge in [-0.1, -0.05) is 25.0 Å². The summed E-state index contributed by atoms with van der Waals surface area (Å²) in [6, 6.07) is 7.03. The number of rotatable bonds is 5. The van der Waals surface area contributed by atoms with Gasteiger partial charge in [-0.2, -0.15) is 0 Å². The van der Waals surface area contributed by atoms with E-state index in [0.29, 0.717) is 5.69 Å². The van der Waals surface area contributed by atoms with Crippen molar-refractivity contribution < 1.29 is 13.2 Å². The van der Waals surface area contributed by atoms with E-state index in [2.05, 4.69) is 10.6 Å². The van der Waals surface area contributed by atoms with Gasteiger partial charge in [-0.25, -0.2) is 13.2 Å². The van der Waals surface area contributed by atoms with Gasteiger partial charge in [-0.15, -0.1) is 0 Å². The zero-order chi connectivity index (χ0) is 16.2. The summed E-state index contributed by atoms with van der Waals surface area (Å²) in [6.45, 7) is 3.36. The Morgan fingerprint density at radius 3 is 2.32 bits per heavy atom. The van der Waals surface area contributed by atoms with Crippen molar-refractivity contribution in [1.82, 2.24) is 5.32 Å². The molecular weight excluding hydrogens is 300 g/mol. The van der Waals surface area contributed by atoms with E-state index in [9.17, 15) is 13.2 Å². The molecule has 5 nitrogen and oxygen atoms in total. The van der Waals surface area contributed by atoms with Gasteiger partial charge in [-0.05, 0) is 44.4 Å². The number of sulfone groups is 1. The molecule has 1 aromatic carbocycles. The fraction of sp³-hybridized carbons (Fsp3) is 0.562. The van der Waals surface area contributed by atoms with Crippen LogP contribution in [0.3, 0.4) is 0 Å². The number of amides is 2. The third kappa shape index (κ3) is 4.73. The number of anilines is 1. The van der Waals surface area contributed by atoms with Crippen LogP contribution >= 0.6 is 0 Å². The summed E-state index contributed by atoms with van der Waals surface area (Å²) >= 11 is 0. The van der Waals surface area contributed by atoms with Gasteiger partial charge >= 0.3 is 6.03 Å². The molecule has 0 heterocycles. The average molecular weight is 324 g/mol. The molecule has 1 aliphatic carbocycles. The van der Waals surface area contributed by atoms with Crippen LogP contribution in [-0.2, 0) is 15.6 Å². The molecule has 0 aromatic heterocycles. The predicted octanol–water partition coefficient (Wildman–Crippen LogP) is 3.07. The van der Waals surface area contributed by atoms with Crippen LogP contribution in [0.4, 0.5) is 10.5 Å². The maximum Gasteiger partial charge on any atom is 0.319 e. The van der Waals surface area contributed by atoms with Crippen LogP contribution in [0.5, 0.6) is 0 Å². The van der Waals surface area contributed by atoms with Crippen molar-refractivity contribution in [2.24, 2.45) is 0 Å². The monoisotopic (exact) mass is 324 g/mol. The van der Waals surface area contributed by atoms with Crippen LogP contribution in [0.25, 0.3) is 0 Å². The number of carbonyl (C=O) groups excluding carboxylic acids is 1. The molecule has 6 heteroatoms. The lowest BCUT2D eigenvalue weighted by molar-refractivity contribution is 0.248. The van der Waals surface area contributed by atoms with Gasteiger partial charge in [0.2, 0.25) is 0 Å². The Bertz CT molecular complexity index is 603. The molecule has 1 aromatic rings. The number of benzene rings is 1. The van der Waals surface area contributed by atoms with Crippen molar-refractivity contribution in [3.8, 4) is 0 Å². The van der Waals surface area contributed by atoms with Crippen LogP contribution in [-0.4, -0.2) is 25.7 Å². The van der Waals surface area contributed by atoms with Crippen molar-refractivity contribution in [1.29, 1.82) is 0 Å². The van der Waals surface area contributed by atoms with Crippen molar-refractivity contribution in [3.05, 3.63) is 29.8 Å². The summed E-state index contributed by atoms with van der Waals surface area (Å²) in [4.78, 5) is 11.9. The van der Waals surface area contributed by atoms with E-state index in [1.807, 2.05) is 0 Å². The van der Waals surface area contributed by atoms with Crippen molar-refractivity contribution >= 4 is 21.6 Å². The highest BCUT2D eigenvalue weighted by Crippen LogP contribution is 2.18. The molecule has 0 aliphatic heterocycles. The summed E-state index contributed by atoms with van der Waals surface area (Å²) in [5.74, 6) is 0.0270. The molecule has 0 atom stereocenters. The molecule has 0 radical (unpaired) electrons. The summed E-state index contributed by atoms with van der Waals surface area (Å²) in [7, 11) is -3.10. The lowest BCUT2D eigenvalue weighted by Crippen LogP contribution is -2.36. The van der Waals surface area contributed by atoms with Gasteiger partial charge < -0.3 is 10.6 Å². The number of urea groups is 1. The second-order valence-electron chi connectivity index (χ2n) is 6.13. The van der Waals surface area contributed by atoms with Crippen molar-refractivity contribution in [2.45, 2.75) is 56.6 Å². The van der Waals surface area contributed by atoms with Crippen molar-refractivity contribution in [2.75, 3.05) is 5.32 Å². The zero-order valence-electron chi connectivity index (χ0n) is 13.1. The molecule has 2 N–H and O–H groups in total. The first-order chi connectivity index (χ1) is 10.4. The van der Waals surface area contributed by atoms with E-state index in [1.54, 1.807) is 38.1 Å². The molecule has 1 saturated carbocycles. The minimum Gasteiger partial charge on any atom is -0.335 e. The van der Waals surface area contributed by atoms with Crippen molar-refractivity contribution in [3.63, 3.8) is 0 Å². The molecule has 0 bridgehead atoms. The SMILES string of the molecule is CC(C)S(=O)(=O)Cc1ccc(NC(=O)NC2CCCC2)cc1. The predicted molar refractivity (Wildman–Crippen MR) is 88.6 cm³/mol. The standard InChI is InChI=1S/C16H24N2O3S/c1-12(2)22(20,21)11-13-7-9-15(10-8-13)18-16(19)17-14-5-3-4-6-14/h7-10,12,14H,3-6,11H2,1-2H3,(H2,17,18,19). The average Bonchev–Trinajstić information content (AvgIpc) is 2.93. The quantitative estimate of drug-likeness (QED) is 0.874. The molecule has 0 unspecified atom stereocenters. The fourth-order valence-electron chi connectivity index (χ4n) is 2.51. The number of hydrogen-bond donors (Lipinski definition) is 2. The van der Waals surface area contributed by atoms with Crippen LogP contribution < -0.4 is 10.6 Å². The first-order valence-electron chi connectivity index (χ1n) is 7.75. The number of nitrogens with one attached hydrogen (secondary N) is 2. The lowest BCUT2D eigenvalue weighted by Gasteiger charge is -2.13. The van der Waals surface area contributed by atoms with Gasteiger partial charge in [0.05, 0.1) is 11.0 Å². The summed E-state index contributed by atoms with van der Waals surface area (Å²) in [5.41, 5.74) is 1.40. The Labute approximate surface area is 132 Å². The van der Waals surface area contributed by atoms with Gasteiger partial charge in [0.25, 0.3) is 0 Å². The molecular formula is C16H24N2O3S. The van der Waals surface area contributed by atoms with E-state index >= 15 is 0 Å². The third-order valence-electron chi connectivity index (χ3n) is 3.99. The molecule has 2 rings (SSSR count). The molecule has 0 spiro atoms. The highest BCUT2D eigenvalue weighted by atomic mass is 32.2. The Hall–Kier alpha value is -1.56. The zero-order valence-corrected chi connectivity index (χ0v) is 13.9. The van der Waals surface area contributed by atoms with Crippen LogP contribution in [0.1, 0.15) is 45.1 Å². The fourth-order valence-corrected chi connectivity index (χ4v) is 3.50. The Morgan fingerprint density at radius 2 is 1.77 bits per heavy atom. The van der Waals surface area contributed by atoms with Crippen LogP contribution in [0, 0.1) is 0 Å². The topological polar surface area (TPSA) is 75.3 Å². The van der Waals surface area contributed by atoms with Crippen LogP contribution in [0.2, 0.25) is 0 Å². The first kappa shape index (κ1) is 16.8. The second kappa shape index (κ2) is 7.13. The normalized spacial score (nSPS) is 16.0. The second-order valence-corrected chi connectivity index (χ2v) is 8.69. The molecule has 0 saturated heterocycles. The molecule has 22 heavy (non-hydrogen) atoms. The molecule has 1 aliphatic rings. The summed E-state index contributed by atoms with van der Waals surface area (Å²) in [6.07, 6.45) is 4.42. The Balaban J connectivity index is 1.90. The molecule has 2 amide bonds. The highest BCUT2D eigenvalue weighted by molar-refractivity contribution is 7.91. The minimum atomic E-state index is -3.10. The molecule has 1 fully saturated rings. The number of carbonyl (C=O) groups is 1. The van der Waals surface area contributed by atoms with E-state index in [-0.39, 0.29) is 23.1 Å². The van der Waals surface area contributed by atoms with E-state index in [1.165, 1.54) is 12.8 Å². The van der Waals surface area contributed by atoms with Crippen LogP contribution in [0.15, 0.2) is 24.3 Å². The van der Waals surface area contributed by atoms with E-state index in [4.69, 9.17) is 0 Å². The first-order valence-corrected chi connectivity index (χ1v) is 9.46. The van der Waals surface area contributed by atoms with Gasteiger partial charge in [0.1, 0.15) is 0 Å². The lowest BCUT2D eigenvalue weighted by atomic mass is 10.2. The third-order valence-corrected chi connectivity index (χ3v) is 6.16. The Kier molecular flexibility index (Phi) is 5.45. The maximum absolute atomic E-state index is 11.9. The van der Waals surface area contributed by atoms with Gasteiger partial charge in [0, 0.05) is 11.7 Å². The summed E-state index contributed by atoms with van der Waals surface area (Å²) in [5, 5.41) is 5.34. The minimum absolute atomic E-state index is 0.0270. The van der Waals surface area contributed by atoms with Gasteiger partial charge in [-0.3, -0.25) is 0 Å². The Morgan fingerprint density at radius 1 is 1.18 bits per heavy atom. The van der Waals surface area contributed by atoms with E-state index in [0.717, 1.165) is 18.4 Å². The maximum atomic E-state index is 11.9. The summed E-state index contributed by atoms with van der Waals surface area (Å²) < 4.78 is 23.8. The van der Waals surface area contributed by atoms with Gasteiger partial charge in [0.15, 0.2) is 9.84 Å². The number of hydrogen-bond acceptors (Lipinski definition) is 3. The molecule has 122 valence electrons. The largest absolute Gasteiger partial charge is 0.335 e.